The molecule has 0 aromatic heterocycles. The Bertz CT molecular complexity index is 517. The van der Waals surface area contributed by atoms with Crippen molar-refractivity contribution in [2.75, 3.05) is 33.2 Å². The highest BCUT2D eigenvalue weighted by Crippen LogP contribution is 2.12. The summed E-state index contributed by atoms with van der Waals surface area (Å²) in [4.78, 5) is 6.71. The molecule has 6 heteroatoms. The van der Waals surface area contributed by atoms with Gasteiger partial charge in [-0.15, -0.1) is 0 Å². The number of aliphatic imine (C=N–C) groups is 1. The van der Waals surface area contributed by atoms with Crippen molar-refractivity contribution in [2.24, 2.45) is 4.99 Å². The maximum absolute atomic E-state index is 12.9. The molecule has 5 nitrogen and oxygen atoms in total. The summed E-state index contributed by atoms with van der Waals surface area (Å²) < 4.78 is 18.7. The Morgan fingerprint density at radius 2 is 1.85 bits per heavy atom. The van der Waals surface area contributed by atoms with Crippen molar-refractivity contribution in [3.05, 3.63) is 30.1 Å². The van der Waals surface area contributed by atoms with Gasteiger partial charge in [-0.25, -0.2) is 4.39 Å². The highest BCUT2D eigenvalue weighted by Gasteiger charge is 2.09. The number of rotatable bonds is 11. The molecule has 1 rings (SSSR count). The molecule has 26 heavy (non-hydrogen) atoms. The molecule has 0 heterocycles. The van der Waals surface area contributed by atoms with Crippen molar-refractivity contribution in [1.29, 1.82) is 0 Å². The lowest BCUT2D eigenvalue weighted by Gasteiger charge is -2.22. The summed E-state index contributed by atoms with van der Waals surface area (Å²) in [5, 5.41) is 6.70. The van der Waals surface area contributed by atoms with E-state index >= 15 is 0 Å². The Morgan fingerprint density at radius 1 is 1.19 bits per heavy atom. The monoisotopic (exact) mass is 366 g/mol. The molecule has 0 radical (unpaired) electrons. The van der Waals surface area contributed by atoms with Crippen LogP contribution >= 0.6 is 0 Å². The van der Waals surface area contributed by atoms with Crippen LogP contribution in [0.25, 0.3) is 0 Å². The van der Waals surface area contributed by atoms with E-state index in [4.69, 9.17) is 4.74 Å². The van der Waals surface area contributed by atoms with Crippen molar-refractivity contribution in [1.82, 2.24) is 15.5 Å². The van der Waals surface area contributed by atoms with Gasteiger partial charge in [0.2, 0.25) is 0 Å². The number of nitrogens with zero attached hydrogens (tertiary/aromatic N) is 2. The predicted octanol–water partition coefficient (Wildman–Crippen LogP) is 3.27. The molecule has 2 N–H and O–H groups in total. The van der Waals surface area contributed by atoms with Crippen LogP contribution in [-0.2, 0) is 0 Å². The number of hydrogen-bond donors (Lipinski definition) is 2. The van der Waals surface area contributed by atoms with Crippen LogP contribution in [0.5, 0.6) is 5.75 Å². The van der Waals surface area contributed by atoms with Crippen LogP contribution in [0.15, 0.2) is 29.3 Å². The fourth-order valence-electron chi connectivity index (χ4n) is 2.69. The molecule has 0 fully saturated rings. The van der Waals surface area contributed by atoms with E-state index in [2.05, 4.69) is 41.3 Å². The van der Waals surface area contributed by atoms with E-state index in [0.717, 1.165) is 38.4 Å². The summed E-state index contributed by atoms with van der Waals surface area (Å²) in [5.41, 5.74) is 0. The first-order valence-electron chi connectivity index (χ1n) is 9.60. The van der Waals surface area contributed by atoms with Crippen molar-refractivity contribution < 1.29 is 9.13 Å². The highest BCUT2D eigenvalue weighted by atomic mass is 19.1. The van der Waals surface area contributed by atoms with E-state index in [-0.39, 0.29) is 11.9 Å². The van der Waals surface area contributed by atoms with E-state index < -0.39 is 0 Å². The standard InChI is InChI=1S/C20H35FN4O/c1-6-25(7-2)14-8-9-16(3)24-20(22-5)23-15-17(4)26-19-12-10-18(21)11-13-19/h10-13,16-17H,6-9,14-15H2,1-5H3,(H2,22,23,24). The van der Waals surface area contributed by atoms with Crippen LogP contribution in [-0.4, -0.2) is 56.2 Å². The molecule has 0 saturated heterocycles. The molecule has 0 saturated carbocycles. The average molecular weight is 367 g/mol. The minimum Gasteiger partial charge on any atom is -0.489 e. The molecular weight excluding hydrogens is 331 g/mol. The minimum absolute atomic E-state index is 0.0583. The molecule has 0 aliphatic rings. The van der Waals surface area contributed by atoms with Gasteiger partial charge < -0.3 is 20.3 Å². The molecule has 0 spiro atoms. The second-order valence-corrected chi connectivity index (χ2v) is 6.55. The van der Waals surface area contributed by atoms with Gasteiger partial charge in [0.1, 0.15) is 17.7 Å². The van der Waals surface area contributed by atoms with Crippen LogP contribution in [0.4, 0.5) is 4.39 Å². The number of hydrogen-bond acceptors (Lipinski definition) is 3. The number of halogens is 1. The number of nitrogens with one attached hydrogen (secondary N) is 2. The first-order valence-corrected chi connectivity index (χ1v) is 9.60. The van der Waals surface area contributed by atoms with Gasteiger partial charge in [0.25, 0.3) is 0 Å². The SMILES string of the molecule is CCN(CC)CCCC(C)NC(=NC)NCC(C)Oc1ccc(F)cc1. The lowest BCUT2D eigenvalue weighted by Crippen LogP contribution is -2.45. The summed E-state index contributed by atoms with van der Waals surface area (Å²) in [7, 11) is 1.77. The van der Waals surface area contributed by atoms with E-state index in [1.807, 2.05) is 6.92 Å². The molecule has 2 atom stereocenters. The fourth-order valence-corrected chi connectivity index (χ4v) is 2.69. The molecule has 0 aliphatic heterocycles. The Morgan fingerprint density at radius 3 is 2.42 bits per heavy atom. The lowest BCUT2D eigenvalue weighted by atomic mass is 10.2. The smallest absolute Gasteiger partial charge is 0.191 e. The highest BCUT2D eigenvalue weighted by molar-refractivity contribution is 5.79. The fraction of sp³-hybridized carbons (Fsp3) is 0.650. The Kier molecular flexibility index (Phi) is 10.7. The first kappa shape index (κ1) is 22.2. The van der Waals surface area contributed by atoms with Gasteiger partial charge in [-0.1, -0.05) is 13.8 Å². The molecule has 0 bridgehead atoms. The molecule has 0 amide bonds. The summed E-state index contributed by atoms with van der Waals surface area (Å²) in [6.45, 7) is 12.5. The van der Waals surface area contributed by atoms with Gasteiger partial charge in [0.05, 0.1) is 6.54 Å². The van der Waals surface area contributed by atoms with Crippen LogP contribution in [0, 0.1) is 5.82 Å². The zero-order valence-corrected chi connectivity index (χ0v) is 16.9. The van der Waals surface area contributed by atoms with Gasteiger partial charge in [0, 0.05) is 13.1 Å². The van der Waals surface area contributed by atoms with E-state index in [1.54, 1.807) is 19.2 Å². The summed E-state index contributed by atoms with van der Waals surface area (Å²) in [6.07, 6.45) is 2.20. The Hall–Kier alpha value is -1.82. The lowest BCUT2D eigenvalue weighted by molar-refractivity contribution is 0.223. The third-order valence-electron chi connectivity index (χ3n) is 4.32. The zero-order chi connectivity index (χ0) is 19.4. The maximum Gasteiger partial charge on any atom is 0.191 e. The third kappa shape index (κ3) is 9.04. The van der Waals surface area contributed by atoms with E-state index in [1.165, 1.54) is 12.1 Å². The maximum atomic E-state index is 12.9. The quantitative estimate of drug-likeness (QED) is 0.466. The first-order chi connectivity index (χ1) is 12.5. The van der Waals surface area contributed by atoms with Crippen molar-refractivity contribution >= 4 is 5.96 Å². The van der Waals surface area contributed by atoms with Gasteiger partial charge in [-0.2, -0.15) is 0 Å². The summed E-state index contributed by atoms with van der Waals surface area (Å²) in [6, 6.07) is 6.42. The topological polar surface area (TPSA) is 48.9 Å². The normalized spacial score (nSPS) is 14.2. The van der Waals surface area contributed by atoms with Crippen molar-refractivity contribution in [2.45, 2.75) is 52.7 Å². The molecule has 1 aromatic rings. The molecule has 0 aliphatic carbocycles. The van der Waals surface area contributed by atoms with Crippen molar-refractivity contribution in [3.63, 3.8) is 0 Å². The summed E-state index contributed by atoms with van der Waals surface area (Å²) >= 11 is 0. The summed E-state index contributed by atoms with van der Waals surface area (Å²) in [5.74, 6) is 1.17. The van der Waals surface area contributed by atoms with Crippen molar-refractivity contribution in [3.8, 4) is 5.75 Å². The van der Waals surface area contributed by atoms with E-state index in [9.17, 15) is 4.39 Å². The van der Waals surface area contributed by atoms with Crippen LogP contribution in [0.1, 0.15) is 40.5 Å². The Balaban J connectivity index is 2.29. The largest absolute Gasteiger partial charge is 0.489 e. The molecule has 1 aromatic carbocycles. The number of ether oxygens (including phenoxy) is 1. The van der Waals surface area contributed by atoms with Crippen LogP contribution in [0.3, 0.4) is 0 Å². The van der Waals surface area contributed by atoms with Crippen LogP contribution < -0.4 is 15.4 Å². The van der Waals surface area contributed by atoms with Gasteiger partial charge in [-0.3, -0.25) is 4.99 Å². The second-order valence-electron chi connectivity index (χ2n) is 6.55. The van der Waals surface area contributed by atoms with E-state index in [0.29, 0.717) is 18.3 Å². The Labute approximate surface area is 158 Å². The molecule has 2 unspecified atom stereocenters. The van der Waals surface area contributed by atoms with Crippen LogP contribution in [0.2, 0.25) is 0 Å². The molecule has 148 valence electrons. The van der Waals surface area contributed by atoms with Gasteiger partial charge >= 0.3 is 0 Å². The third-order valence-corrected chi connectivity index (χ3v) is 4.32. The zero-order valence-electron chi connectivity index (χ0n) is 16.9. The second kappa shape index (κ2) is 12.5. The van der Waals surface area contributed by atoms with Gasteiger partial charge in [0.15, 0.2) is 5.96 Å². The minimum atomic E-state index is -0.261. The predicted molar refractivity (Wildman–Crippen MR) is 107 cm³/mol. The number of guanidine groups is 1. The number of benzene rings is 1. The average Bonchev–Trinajstić information content (AvgIpc) is 2.64. The van der Waals surface area contributed by atoms with Gasteiger partial charge in [-0.05, 0) is 70.6 Å². The molecular formula is C20H35FN4O.